The lowest BCUT2D eigenvalue weighted by Gasteiger charge is -2.47. The van der Waals surface area contributed by atoms with E-state index in [1.807, 2.05) is 6.92 Å². The quantitative estimate of drug-likeness (QED) is 0.844. The monoisotopic (exact) mass is 256 g/mol. The van der Waals surface area contributed by atoms with Gasteiger partial charge in [0.15, 0.2) is 0 Å². The summed E-state index contributed by atoms with van der Waals surface area (Å²) in [6.45, 7) is 8.77. The minimum atomic E-state index is -0.552. The largest absolute Gasteiger partial charge is 0.390 e. The van der Waals surface area contributed by atoms with E-state index < -0.39 is 5.60 Å². The van der Waals surface area contributed by atoms with Crippen LogP contribution in [0.25, 0.3) is 0 Å². The predicted molar refractivity (Wildman–Crippen MR) is 71.5 cm³/mol. The molecule has 2 aliphatic rings. The van der Waals surface area contributed by atoms with Crippen molar-refractivity contribution in [1.29, 1.82) is 0 Å². The maximum absolute atomic E-state index is 10.7. The molecule has 2 heterocycles. The molecule has 2 fully saturated rings. The maximum Gasteiger partial charge on any atom is 0.0730 e. The van der Waals surface area contributed by atoms with Gasteiger partial charge in [0.2, 0.25) is 0 Å². The van der Waals surface area contributed by atoms with Gasteiger partial charge < -0.3 is 14.6 Å². The molecule has 3 heteroatoms. The normalized spacial score (nSPS) is 31.5. The first-order valence-corrected chi connectivity index (χ1v) is 7.38. The topological polar surface area (TPSA) is 38.7 Å². The van der Waals surface area contributed by atoms with Crippen molar-refractivity contribution in [2.75, 3.05) is 19.8 Å². The highest BCUT2D eigenvalue weighted by Crippen LogP contribution is 2.42. The van der Waals surface area contributed by atoms with Gasteiger partial charge in [-0.2, -0.15) is 0 Å². The lowest BCUT2D eigenvalue weighted by atomic mass is 9.71. The summed E-state index contributed by atoms with van der Waals surface area (Å²) in [5, 5.41) is 10.7. The average Bonchev–Trinajstić information content (AvgIpc) is 2.28. The van der Waals surface area contributed by atoms with Gasteiger partial charge in [-0.3, -0.25) is 0 Å². The Morgan fingerprint density at radius 3 is 2.56 bits per heavy atom. The fraction of sp³-hybridized carbons (Fsp3) is 1.00. The van der Waals surface area contributed by atoms with Crippen LogP contribution in [-0.2, 0) is 9.47 Å². The van der Waals surface area contributed by atoms with E-state index in [0.717, 1.165) is 51.9 Å². The van der Waals surface area contributed by atoms with E-state index in [0.29, 0.717) is 11.8 Å². The molecule has 2 rings (SSSR count). The first-order chi connectivity index (χ1) is 8.44. The van der Waals surface area contributed by atoms with Crippen molar-refractivity contribution >= 4 is 0 Å². The molecule has 0 aliphatic carbocycles. The molecule has 0 aromatic heterocycles. The summed E-state index contributed by atoms with van der Waals surface area (Å²) in [7, 11) is 0. The summed E-state index contributed by atoms with van der Waals surface area (Å²) >= 11 is 0. The SMILES string of the molecule is CC(C)CC(C)(O)C1CCOC2(CCOCC2)C1. The predicted octanol–water partition coefficient (Wildman–Crippen LogP) is 2.76. The van der Waals surface area contributed by atoms with E-state index in [-0.39, 0.29) is 5.60 Å². The minimum absolute atomic E-state index is 0.0118. The molecule has 1 spiro atoms. The molecule has 3 nitrogen and oxygen atoms in total. The van der Waals surface area contributed by atoms with Gasteiger partial charge in [-0.05, 0) is 50.9 Å². The van der Waals surface area contributed by atoms with Crippen molar-refractivity contribution < 1.29 is 14.6 Å². The zero-order chi connectivity index (χ0) is 13.2. The minimum Gasteiger partial charge on any atom is -0.390 e. The Labute approximate surface area is 111 Å². The van der Waals surface area contributed by atoms with Crippen LogP contribution in [0, 0.1) is 11.8 Å². The molecule has 0 aromatic carbocycles. The second-order valence-electron chi connectivity index (χ2n) is 6.79. The highest BCUT2D eigenvalue weighted by atomic mass is 16.5. The van der Waals surface area contributed by atoms with Gasteiger partial charge in [-0.1, -0.05) is 13.8 Å². The summed E-state index contributed by atoms with van der Waals surface area (Å²) in [5.74, 6) is 0.903. The molecule has 0 radical (unpaired) electrons. The number of hydrogen-bond acceptors (Lipinski definition) is 3. The number of ether oxygens (including phenoxy) is 2. The van der Waals surface area contributed by atoms with E-state index in [9.17, 15) is 5.11 Å². The Morgan fingerprint density at radius 2 is 1.94 bits per heavy atom. The molecule has 18 heavy (non-hydrogen) atoms. The highest BCUT2D eigenvalue weighted by molar-refractivity contribution is 4.95. The molecule has 2 saturated heterocycles. The molecular formula is C15H28O3. The van der Waals surface area contributed by atoms with Crippen LogP contribution in [-0.4, -0.2) is 36.1 Å². The van der Waals surface area contributed by atoms with Gasteiger partial charge in [-0.25, -0.2) is 0 Å². The third-order valence-corrected chi connectivity index (χ3v) is 4.60. The zero-order valence-corrected chi connectivity index (χ0v) is 12.1. The van der Waals surface area contributed by atoms with Gasteiger partial charge in [0, 0.05) is 19.8 Å². The number of rotatable bonds is 3. The van der Waals surface area contributed by atoms with E-state index in [4.69, 9.17) is 9.47 Å². The van der Waals surface area contributed by atoms with Crippen molar-refractivity contribution in [3.63, 3.8) is 0 Å². The molecule has 0 amide bonds. The molecule has 0 aromatic rings. The van der Waals surface area contributed by atoms with Gasteiger partial charge in [-0.15, -0.1) is 0 Å². The zero-order valence-electron chi connectivity index (χ0n) is 12.1. The molecule has 0 bridgehead atoms. The van der Waals surface area contributed by atoms with Crippen LogP contribution in [0.4, 0.5) is 0 Å². The average molecular weight is 256 g/mol. The summed E-state index contributed by atoms with van der Waals surface area (Å²) in [6.07, 6.45) is 4.84. The van der Waals surface area contributed by atoms with E-state index in [1.165, 1.54) is 0 Å². The molecule has 2 atom stereocenters. The summed E-state index contributed by atoms with van der Waals surface area (Å²) in [5.41, 5.74) is -0.564. The maximum atomic E-state index is 10.7. The molecule has 106 valence electrons. The standard InChI is InChI=1S/C15H28O3/c1-12(2)10-14(3,16)13-4-7-18-15(11-13)5-8-17-9-6-15/h12-13,16H,4-11H2,1-3H3. The van der Waals surface area contributed by atoms with Crippen LogP contribution < -0.4 is 0 Å². The molecule has 0 saturated carbocycles. The Balaban J connectivity index is 2.01. The third kappa shape index (κ3) is 3.25. The fourth-order valence-electron chi connectivity index (χ4n) is 3.64. The molecule has 2 unspecified atom stereocenters. The first-order valence-electron chi connectivity index (χ1n) is 7.38. The first kappa shape index (κ1) is 14.3. The fourth-order valence-corrected chi connectivity index (χ4v) is 3.64. The van der Waals surface area contributed by atoms with Gasteiger partial charge in [0.1, 0.15) is 0 Å². The van der Waals surface area contributed by atoms with Crippen molar-refractivity contribution in [3.05, 3.63) is 0 Å². The summed E-state index contributed by atoms with van der Waals surface area (Å²) in [4.78, 5) is 0. The van der Waals surface area contributed by atoms with Crippen molar-refractivity contribution in [3.8, 4) is 0 Å². The van der Waals surface area contributed by atoms with Crippen molar-refractivity contribution in [1.82, 2.24) is 0 Å². The van der Waals surface area contributed by atoms with Crippen LogP contribution in [0.5, 0.6) is 0 Å². The van der Waals surface area contributed by atoms with Gasteiger partial charge in [0.05, 0.1) is 11.2 Å². The van der Waals surface area contributed by atoms with Crippen LogP contribution in [0.3, 0.4) is 0 Å². The summed E-state index contributed by atoms with van der Waals surface area (Å²) < 4.78 is 11.5. The van der Waals surface area contributed by atoms with Gasteiger partial charge in [0.25, 0.3) is 0 Å². The van der Waals surface area contributed by atoms with E-state index in [1.54, 1.807) is 0 Å². The molecule has 2 aliphatic heterocycles. The lowest BCUT2D eigenvalue weighted by Crippen LogP contribution is -2.50. The Bertz CT molecular complexity index is 261. The highest BCUT2D eigenvalue weighted by Gasteiger charge is 2.44. The Kier molecular flexibility index (Phi) is 4.35. The smallest absolute Gasteiger partial charge is 0.0730 e. The Morgan fingerprint density at radius 1 is 1.28 bits per heavy atom. The summed E-state index contributed by atoms with van der Waals surface area (Å²) in [6, 6.07) is 0. The molecule has 1 N–H and O–H groups in total. The van der Waals surface area contributed by atoms with Crippen LogP contribution >= 0.6 is 0 Å². The number of hydrogen-bond donors (Lipinski definition) is 1. The van der Waals surface area contributed by atoms with Crippen molar-refractivity contribution in [2.45, 2.75) is 64.1 Å². The molecular weight excluding hydrogens is 228 g/mol. The Hall–Kier alpha value is -0.120. The van der Waals surface area contributed by atoms with E-state index >= 15 is 0 Å². The van der Waals surface area contributed by atoms with Crippen molar-refractivity contribution in [2.24, 2.45) is 11.8 Å². The van der Waals surface area contributed by atoms with E-state index in [2.05, 4.69) is 13.8 Å². The number of aliphatic hydroxyl groups is 1. The second-order valence-corrected chi connectivity index (χ2v) is 6.79. The van der Waals surface area contributed by atoms with Crippen LogP contribution in [0.15, 0.2) is 0 Å². The van der Waals surface area contributed by atoms with Crippen LogP contribution in [0.1, 0.15) is 52.9 Å². The lowest BCUT2D eigenvalue weighted by molar-refractivity contribution is -0.174. The van der Waals surface area contributed by atoms with Crippen LogP contribution in [0.2, 0.25) is 0 Å². The van der Waals surface area contributed by atoms with Gasteiger partial charge >= 0.3 is 0 Å². The third-order valence-electron chi connectivity index (χ3n) is 4.60. The second kappa shape index (κ2) is 5.48.